The predicted molar refractivity (Wildman–Crippen MR) is 70.4 cm³/mol. The van der Waals surface area contributed by atoms with Crippen LogP contribution < -0.4 is 9.47 Å². The van der Waals surface area contributed by atoms with E-state index < -0.39 is 0 Å². The van der Waals surface area contributed by atoms with Gasteiger partial charge >= 0.3 is 5.97 Å². The van der Waals surface area contributed by atoms with E-state index in [9.17, 15) is 4.79 Å². The lowest BCUT2D eigenvalue weighted by Crippen LogP contribution is -2.36. The van der Waals surface area contributed by atoms with E-state index in [0.29, 0.717) is 19.8 Å². The highest BCUT2D eigenvalue weighted by Gasteiger charge is 2.19. The summed E-state index contributed by atoms with van der Waals surface area (Å²) in [6.45, 7) is 3.63. The van der Waals surface area contributed by atoms with Crippen molar-refractivity contribution >= 4 is 5.97 Å². The molecular formula is C14H19NO4. The maximum absolute atomic E-state index is 11.5. The zero-order valence-corrected chi connectivity index (χ0v) is 11.5. The summed E-state index contributed by atoms with van der Waals surface area (Å²) in [5.74, 6) is 1.31. The number of carbonyl (C=O) groups excluding carboxylic acids is 1. The summed E-state index contributed by atoms with van der Waals surface area (Å²) in [7, 11) is 3.29. The fraction of sp³-hybridized carbons (Fsp3) is 0.500. The standard InChI is InChI=1S/C14H19NO4/c1-10(14(16)17-3)15(2)9-11-4-5-12-13(8-11)19-7-6-18-12/h4-5,8,10H,6-7,9H2,1-3H3. The van der Waals surface area contributed by atoms with Gasteiger partial charge in [0.25, 0.3) is 0 Å². The highest BCUT2D eigenvalue weighted by Crippen LogP contribution is 2.31. The smallest absolute Gasteiger partial charge is 0.322 e. The Balaban J connectivity index is 2.04. The minimum atomic E-state index is -0.279. The van der Waals surface area contributed by atoms with E-state index >= 15 is 0 Å². The van der Waals surface area contributed by atoms with Crippen molar-refractivity contribution in [1.82, 2.24) is 4.90 Å². The van der Waals surface area contributed by atoms with E-state index in [1.54, 1.807) is 0 Å². The molecule has 5 nitrogen and oxygen atoms in total. The van der Waals surface area contributed by atoms with Crippen molar-refractivity contribution in [2.75, 3.05) is 27.4 Å². The second-order valence-electron chi connectivity index (χ2n) is 4.59. The van der Waals surface area contributed by atoms with E-state index in [2.05, 4.69) is 0 Å². The molecule has 0 N–H and O–H groups in total. The summed E-state index contributed by atoms with van der Waals surface area (Å²) in [5, 5.41) is 0. The van der Waals surface area contributed by atoms with E-state index in [-0.39, 0.29) is 12.0 Å². The van der Waals surface area contributed by atoms with Crippen LogP contribution in [0.2, 0.25) is 0 Å². The Hall–Kier alpha value is -1.75. The number of likely N-dealkylation sites (N-methyl/N-ethyl adjacent to an activating group) is 1. The molecule has 0 aliphatic carbocycles. The maximum atomic E-state index is 11.5. The Labute approximate surface area is 113 Å². The van der Waals surface area contributed by atoms with Crippen molar-refractivity contribution in [2.24, 2.45) is 0 Å². The Bertz CT molecular complexity index is 461. The van der Waals surface area contributed by atoms with E-state index in [4.69, 9.17) is 14.2 Å². The zero-order valence-electron chi connectivity index (χ0n) is 11.5. The van der Waals surface area contributed by atoms with Gasteiger partial charge in [-0.1, -0.05) is 6.07 Å². The van der Waals surface area contributed by atoms with Gasteiger partial charge in [0, 0.05) is 6.54 Å². The number of hydrogen-bond acceptors (Lipinski definition) is 5. The van der Waals surface area contributed by atoms with Gasteiger partial charge in [0.1, 0.15) is 19.3 Å². The van der Waals surface area contributed by atoms with Crippen LogP contribution >= 0.6 is 0 Å². The van der Waals surface area contributed by atoms with Gasteiger partial charge in [-0.15, -0.1) is 0 Å². The molecule has 104 valence electrons. The molecule has 1 unspecified atom stereocenters. The lowest BCUT2D eigenvalue weighted by molar-refractivity contribution is -0.145. The first-order valence-electron chi connectivity index (χ1n) is 6.28. The van der Waals surface area contributed by atoms with Crippen LogP contribution in [0.5, 0.6) is 11.5 Å². The monoisotopic (exact) mass is 265 g/mol. The van der Waals surface area contributed by atoms with Gasteiger partial charge in [-0.25, -0.2) is 0 Å². The minimum Gasteiger partial charge on any atom is -0.486 e. The third-order valence-electron chi connectivity index (χ3n) is 3.24. The number of benzene rings is 1. The van der Waals surface area contributed by atoms with Crippen LogP contribution in [0, 0.1) is 0 Å². The number of ether oxygens (including phenoxy) is 3. The average molecular weight is 265 g/mol. The molecule has 1 atom stereocenters. The van der Waals surface area contributed by atoms with Gasteiger partial charge in [0.15, 0.2) is 11.5 Å². The molecule has 1 aromatic rings. The summed E-state index contributed by atoms with van der Waals surface area (Å²) in [6.07, 6.45) is 0. The topological polar surface area (TPSA) is 48.0 Å². The third-order valence-corrected chi connectivity index (χ3v) is 3.24. The fourth-order valence-electron chi connectivity index (χ4n) is 1.96. The molecule has 5 heteroatoms. The number of fused-ring (bicyclic) bond motifs is 1. The van der Waals surface area contributed by atoms with Crippen LogP contribution in [-0.2, 0) is 16.1 Å². The molecule has 0 saturated carbocycles. The molecule has 2 rings (SSSR count). The van der Waals surface area contributed by atoms with Crippen molar-refractivity contribution < 1.29 is 19.0 Å². The van der Waals surface area contributed by atoms with Crippen molar-refractivity contribution in [2.45, 2.75) is 19.5 Å². The first kappa shape index (κ1) is 13.7. The van der Waals surface area contributed by atoms with Crippen molar-refractivity contribution in [1.29, 1.82) is 0 Å². The Kier molecular flexibility index (Phi) is 4.27. The summed E-state index contributed by atoms with van der Waals surface area (Å²) in [6, 6.07) is 5.56. The van der Waals surface area contributed by atoms with Crippen molar-refractivity contribution in [3.05, 3.63) is 23.8 Å². The lowest BCUT2D eigenvalue weighted by atomic mass is 10.1. The van der Waals surface area contributed by atoms with Gasteiger partial charge in [-0.2, -0.15) is 0 Å². The third kappa shape index (κ3) is 3.17. The van der Waals surface area contributed by atoms with Gasteiger partial charge < -0.3 is 14.2 Å². The quantitative estimate of drug-likeness (QED) is 0.771. The Morgan fingerprint density at radius 1 is 1.37 bits per heavy atom. The normalized spacial score (nSPS) is 15.2. The Morgan fingerprint density at radius 3 is 2.74 bits per heavy atom. The van der Waals surface area contributed by atoms with Crippen LogP contribution in [0.3, 0.4) is 0 Å². The lowest BCUT2D eigenvalue weighted by Gasteiger charge is -2.24. The molecule has 0 fully saturated rings. The first-order valence-corrected chi connectivity index (χ1v) is 6.28. The molecule has 0 amide bonds. The molecule has 1 aliphatic heterocycles. The molecule has 0 aromatic heterocycles. The minimum absolute atomic E-state index is 0.236. The van der Waals surface area contributed by atoms with Gasteiger partial charge in [-0.05, 0) is 31.7 Å². The highest BCUT2D eigenvalue weighted by atomic mass is 16.6. The van der Waals surface area contributed by atoms with Gasteiger partial charge in [-0.3, -0.25) is 9.69 Å². The Morgan fingerprint density at radius 2 is 2.05 bits per heavy atom. The molecule has 1 aliphatic rings. The SMILES string of the molecule is COC(=O)C(C)N(C)Cc1ccc2c(c1)OCCO2. The number of esters is 1. The van der Waals surface area contributed by atoms with Crippen LogP contribution in [0.1, 0.15) is 12.5 Å². The van der Waals surface area contributed by atoms with Crippen molar-refractivity contribution in [3.8, 4) is 11.5 Å². The fourth-order valence-corrected chi connectivity index (χ4v) is 1.96. The van der Waals surface area contributed by atoms with Crippen LogP contribution in [0.4, 0.5) is 0 Å². The van der Waals surface area contributed by atoms with Gasteiger partial charge in [0.2, 0.25) is 0 Å². The largest absolute Gasteiger partial charge is 0.486 e. The van der Waals surface area contributed by atoms with Crippen LogP contribution in [0.25, 0.3) is 0 Å². The number of carbonyl (C=O) groups is 1. The molecule has 1 aromatic carbocycles. The summed E-state index contributed by atoms with van der Waals surface area (Å²) < 4.78 is 15.7. The van der Waals surface area contributed by atoms with E-state index in [1.807, 2.05) is 37.1 Å². The van der Waals surface area contributed by atoms with Gasteiger partial charge in [0.05, 0.1) is 7.11 Å². The summed E-state index contributed by atoms with van der Waals surface area (Å²) >= 11 is 0. The summed E-state index contributed by atoms with van der Waals surface area (Å²) in [5.41, 5.74) is 1.07. The average Bonchev–Trinajstić information content (AvgIpc) is 2.45. The molecule has 19 heavy (non-hydrogen) atoms. The van der Waals surface area contributed by atoms with Crippen LogP contribution in [-0.4, -0.2) is 44.3 Å². The second kappa shape index (κ2) is 5.93. The first-order chi connectivity index (χ1) is 9.11. The number of hydrogen-bond donors (Lipinski definition) is 0. The number of methoxy groups -OCH3 is 1. The summed E-state index contributed by atoms with van der Waals surface area (Å²) in [4.78, 5) is 13.4. The molecule has 0 spiro atoms. The number of nitrogens with zero attached hydrogens (tertiary/aromatic N) is 1. The highest BCUT2D eigenvalue weighted by molar-refractivity contribution is 5.75. The molecule has 0 bridgehead atoms. The molecule has 0 saturated heterocycles. The van der Waals surface area contributed by atoms with E-state index in [0.717, 1.165) is 17.1 Å². The zero-order chi connectivity index (χ0) is 13.8. The van der Waals surface area contributed by atoms with Crippen molar-refractivity contribution in [3.63, 3.8) is 0 Å². The van der Waals surface area contributed by atoms with Crippen LogP contribution in [0.15, 0.2) is 18.2 Å². The molecule has 0 radical (unpaired) electrons. The second-order valence-corrected chi connectivity index (χ2v) is 4.59. The van der Waals surface area contributed by atoms with E-state index in [1.165, 1.54) is 7.11 Å². The predicted octanol–water partition coefficient (Wildman–Crippen LogP) is 1.45. The molecule has 1 heterocycles. The molecular weight excluding hydrogens is 246 g/mol. The maximum Gasteiger partial charge on any atom is 0.322 e. The number of rotatable bonds is 4.